The number of phenols is 1. The number of thioether (sulfide) groups is 1. The number of amides is 1. The molecule has 1 aliphatic rings. The smallest absolute Gasteiger partial charge is 0.308 e. The maximum absolute atomic E-state index is 12.6. The average molecular weight is 417 g/mol. The molecule has 2 aromatic rings. The van der Waals surface area contributed by atoms with Gasteiger partial charge in [0.05, 0.1) is 24.3 Å². The number of aromatic hydroxyl groups is 1. The minimum atomic E-state index is -0.208. The lowest BCUT2D eigenvalue weighted by atomic mass is 9.97. The third-order valence-corrected chi connectivity index (χ3v) is 5.83. The molecule has 0 spiro atoms. The highest BCUT2D eigenvalue weighted by atomic mass is 32.2. The molecule has 3 rings (SSSR count). The van der Waals surface area contributed by atoms with E-state index in [0.717, 1.165) is 0 Å². The van der Waals surface area contributed by atoms with Gasteiger partial charge in [-0.1, -0.05) is 30.0 Å². The van der Waals surface area contributed by atoms with E-state index < -0.39 is 0 Å². The first kappa shape index (κ1) is 20.9. The fourth-order valence-electron chi connectivity index (χ4n) is 3.30. The Bertz CT molecular complexity index is 890. The molecule has 0 atom stereocenters. The summed E-state index contributed by atoms with van der Waals surface area (Å²) in [4.78, 5) is 26.0. The number of methoxy groups -OCH3 is 1. The van der Waals surface area contributed by atoms with Crippen LogP contribution in [0.4, 0.5) is 0 Å². The maximum Gasteiger partial charge on any atom is 0.308 e. The van der Waals surface area contributed by atoms with E-state index in [9.17, 15) is 14.7 Å². The molecule has 29 heavy (non-hydrogen) atoms. The molecule has 1 N–H and O–H groups in total. The number of carbonyl (C=O) groups excluding carboxylic acids is 2. The quantitative estimate of drug-likeness (QED) is 0.420. The second-order valence-electron chi connectivity index (χ2n) is 6.69. The lowest BCUT2D eigenvalue weighted by Gasteiger charge is -2.30. The zero-order valence-corrected chi connectivity index (χ0v) is 17.1. The first-order chi connectivity index (χ1) is 14.0. The molecule has 1 saturated heterocycles. The molecule has 0 unspecified atom stereocenters. The molecule has 154 valence electrons. The van der Waals surface area contributed by atoms with Crippen LogP contribution < -0.4 is 0 Å². The van der Waals surface area contributed by atoms with Crippen molar-refractivity contribution in [3.63, 3.8) is 0 Å². The van der Waals surface area contributed by atoms with E-state index in [1.165, 1.54) is 18.9 Å². The average Bonchev–Trinajstić information content (AvgIpc) is 3.14. The Labute approximate surface area is 173 Å². The largest absolute Gasteiger partial charge is 0.507 e. The number of hydrogen-bond acceptors (Lipinski definition) is 7. The zero-order valence-electron chi connectivity index (χ0n) is 16.3. The molecule has 1 aliphatic heterocycles. The maximum atomic E-state index is 12.6. The van der Waals surface area contributed by atoms with Crippen molar-refractivity contribution < 1.29 is 19.4 Å². The number of allylic oxidation sites excluding steroid dienone is 1. The van der Waals surface area contributed by atoms with Crippen molar-refractivity contribution in [3.05, 3.63) is 36.9 Å². The van der Waals surface area contributed by atoms with Gasteiger partial charge in [0, 0.05) is 19.6 Å². The van der Waals surface area contributed by atoms with Gasteiger partial charge in [-0.25, -0.2) is 0 Å². The Hall–Kier alpha value is -2.81. The highest BCUT2D eigenvalue weighted by molar-refractivity contribution is 7.99. The van der Waals surface area contributed by atoms with Crippen molar-refractivity contribution in [2.75, 3.05) is 26.0 Å². The first-order valence-corrected chi connectivity index (χ1v) is 10.3. The van der Waals surface area contributed by atoms with Crippen LogP contribution in [0.3, 0.4) is 0 Å². The van der Waals surface area contributed by atoms with Gasteiger partial charge in [0.25, 0.3) is 0 Å². The molecule has 9 heteroatoms. The lowest BCUT2D eigenvalue weighted by molar-refractivity contribution is -0.148. The normalized spacial score (nSPS) is 14.6. The minimum Gasteiger partial charge on any atom is -0.507 e. The third kappa shape index (κ3) is 4.79. The predicted molar refractivity (Wildman–Crippen MR) is 109 cm³/mol. The Morgan fingerprint density at radius 2 is 2.03 bits per heavy atom. The number of para-hydroxylation sites is 1. The third-order valence-electron chi connectivity index (χ3n) is 4.88. The Morgan fingerprint density at radius 1 is 1.31 bits per heavy atom. The number of esters is 1. The number of phenolic OH excluding ortho intramolecular Hbond substituents is 1. The zero-order chi connectivity index (χ0) is 20.8. The van der Waals surface area contributed by atoms with Crippen LogP contribution in [0.15, 0.2) is 42.1 Å². The summed E-state index contributed by atoms with van der Waals surface area (Å²) >= 11 is 1.30. The van der Waals surface area contributed by atoms with Gasteiger partial charge in [-0.3, -0.25) is 14.2 Å². The van der Waals surface area contributed by atoms with Gasteiger partial charge < -0.3 is 14.7 Å². The van der Waals surface area contributed by atoms with E-state index in [1.807, 2.05) is 10.6 Å². The van der Waals surface area contributed by atoms with Crippen molar-refractivity contribution in [3.8, 4) is 17.1 Å². The molecule has 1 aromatic carbocycles. The number of benzene rings is 1. The fourth-order valence-corrected chi connectivity index (χ4v) is 4.15. The second-order valence-corrected chi connectivity index (χ2v) is 7.63. The van der Waals surface area contributed by atoms with Crippen LogP contribution in [0.5, 0.6) is 5.75 Å². The molecular formula is C20H24N4O4S. The number of hydrogen-bond donors (Lipinski definition) is 1. The van der Waals surface area contributed by atoms with Gasteiger partial charge in [0.2, 0.25) is 5.91 Å². The van der Waals surface area contributed by atoms with E-state index in [0.29, 0.717) is 49.0 Å². The summed E-state index contributed by atoms with van der Waals surface area (Å²) < 4.78 is 6.61. The number of ether oxygens (including phenoxy) is 1. The molecule has 0 bridgehead atoms. The van der Waals surface area contributed by atoms with Crippen molar-refractivity contribution >= 4 is 23.6 Å². The molecule has 1 aromatic heterocycles. The number of likely N-dealkylation sites (tertiary alicyclic amines) is 1. The van der Waals surface area contributed by atoms with Gasteiger partial charge in [-0.15, -0.1) is 16.8 Å². The van der Waals surface area contributed by atoms with E-state index in [4.69, 9.17) is 4.74 Å². The molecule has 1 fully saturated rings. The summed E-state index contributed by atoms with van der Waals surface area (Å²) in [6, 6.07) is 6.92. The van der Waals surface area contributed by atoms with Gasteiger partial charge >= 0.3 is 5.97 Å². The van der Waals surface area contributed by atoms with E-state index >= 15 is 0 Å². The number of rotatable bonds is 7. The second kappa shape index (κ2) is 9.60. The molecule has 8 nitrogen and oxygen atoms in total. The van der Waals surface area contributed by atoms with E-state index in [2.05, 4.69) is 16.8 Å². The summed E-state index contributed by atoms with van der Waals surface area (Å²) in [6.45, 7) is 5.31. The van der Waals surface area contributed by atoms with Crippen LogP contribution in [-0.4, -0.2) is 62.6 Å². The highest BCUT2D eigenvalue weighted by Crippen LogP contribution is 2.30. The fraction of sp³-hybridized carbons (Fsp3) is 0.400. The summed E-state index contributed by atoms with van der Waals surface area (Å²) in [5.41, 5.74) is 0.574. The summed E-state index contributed by atoms with van der Waals surface area (Å²) in [7, 11) is 1.39. The monoisotopic (exact) mass is 416 g/mol. The van der Waals surface area contributed by atoms with Crippen LogP contribution in [0.1, 0.15) is 12.8 Å². The molecule has 2 heterocycles. The Morgan fingerprint density at radius 3 is 2.69 bits per heavy atom. The standard InChI is InChI=1S/C20H24N4O4S/c1-3-10-24-18(15-6-4-5-7-16(15)25)21-22-20(24)29-13-17(26)23-11-8-14(9-12-23)19(27)28-2/h3-7,14,25H,1,8-13H2,2H3. The summed E-state index contributed by atoms with van der Waals surface area (Å²) in [5.74, 6) is 0.520. The number of nitrogens with zero attached hydrogens (tertiary/aromatic N) is 4. The van der Waals surface area contributed by atoms with E-state index in [1.54, 1.807) is 29.2 Å². The Balaban J connectivity index is 1.65. The molecule has 0 radical (unpaired) electrons. The summed E-state index contributed by atoms with van der Waals surface area (Å²) in [6.07, 6.45) is 2.95. The van der Waals surface area contributed by atoms with Crippen LogP contribution >= 0.6 is 11.8 Å². The van der Waals surface area contributed by atoms with Gasteiger partial charge in [-0.2, -0.15) is 0 Å². The Kier molecular flexibility index (Phi) is 6.92. The van der Waals surface area contributed by atoms with Crippen molar-refractivity contribution in [1.29, 1.82) is 0 Å². The number of piperidine rings is 1. The predicted octanol–water partition coefficient (Wildman–Crippen LogP) is 2.34. The van der Waals surface area contributed by atoms with Crippen LogP contribution in [0, 0.1) is 5.92 Å². The molecule has 1 amide bonds. The van der Waals surface area contributed by atoms with Crippen molar-refractivity contribution in [2.24, 2.45) is 5.92 Å². The SMILES string of the molecule is C=CCn1c(SCC(=O)N2CCC(C(=O)OC)CC2)nnc1-c1ccccc1O. The van der Waals surface area contributed by atoms with Crippen LogP contribution in [0.25, 0.3) is 11.4 Å². The lowest BCUT2D eigenvalue weighted by Crippen LogP contribution is -2.41. The van der Waals surface area contributed by atoms with E-state index in [-0.39, 0.29) is 29.3 Å². The van der Waals surface area contributed by atoms with Crippen molar-refractivity contribution in [2.45, 2.75) is 24.5 Å². The molecule has 0 aliphatic carbocycles. The minimum absolute atomic E-state index is 0.00410. The molecular weight excluding hydrogens is 392 g/mol. The summed E-state index contributed by atoms with van der Waals surface area (Å²) in [5, 5.41) is 19.1. The van der Waals surface area contributed by atoms with Crippen LogP contribution in [-0.2, 0) is 20.9 Å². The number of aromatic nitrogens is 3. The highest BCUT2D eigenvalue weighted by Gasteiger charge is 2.28. The topological polar surface area (TPSA) is 97.6 Å². The van der Waals surface area contributed by atoms with Gasteiger partial charge in [0.1, 0.15) is 5.75 Å². The van der Waals surface area contributed by atoms with Gasteiger partial charge in [0.15, 0.2) is 11.0 Å². The molecule has 0 saturated carbocycles. The van der Waals surface area contributed by atoms with Gasteiger partial charge in [-0.05, 0) is 25.0 Å². The number of carbonyl (C=O) groups is 2. The van der Waals surface area contributed by atoms with Crippen molar-refractivity contribution in [1.82, 2.24) is 19.7 Å². The first-order valence-electron chi connectivity index (χ1n) is 9.36. The van der Waals surface area contributed by atoms with Crippen LogP contribution in [0.2, 0.25) is 0 Å².